The minimum atomic E-state index is 0.918. The number of benzene rings is 1. The Kier molecular flexibility index (Phi) is 7.09. The summed E-state index contributed by atoms with van der Waals surface area (Å²) in [6.07, 6.45) is 7.74. The molecule has 0 aliphatic heterocycles. The topological polar surface area (TPSA) is 17.1 Å². The molecule has 18 heavy (non-hydrogen) atoms. The van der Waals surface area contributed by atoms with Crippen LogP contribution in [0.3, 0.4) is 0 Å². The lowest BCUT2D eigenvalue weighted by molar-refractivity contribution is -0.105. The van der Waals surface area contributed by atoms with Crippen molar-refractivity contribution in [3.05, 3.63) is 41.5 Å². The average molecular weight is 244 g/mol. The van der Waals surface area contributed by atoms with E-state index in [9.17, 15) is 4.79 Å². The Labute approximate surface area is 111 Å². The number of allylic oxidation sites excluding steroid dienone is 2. The SMILES string of the molecule is CCCCCCC(C=O)=C(CC)c1ccccc1. The van der Waals surface area contributed by atoms with Gasteiger partial charge in [-0.15, -0.1) is 0 Å². The first-order chi connectivity index (χ1) is 8.83. The Morgan fingerprint density at radius 2 is 1.78 bits per heavy atom. The fraction of sp³-hybridized carbons (Fsp3) is 0.471. The van der Waals surface area contributed by atoms with E-state index in [1.54, 1.807) is 0 Å². The Hall–Kier alpha value is -1.37. The van der Waals surface area contributed by atoms with Crippen LogP contribution in [0.4, 0.5) is 0 Å². The molecule has 0 bridgehead atoms. The zero-order valence-electron chi connectivity index (χ0n) is 11.6. The first-order valence-electron chi connectivity index (χ1n) is 7.06. The maximum absolute atomic E-state index is 11.3. The minimum absolute atomic E-state index is 0.918. The van der Waals surface area contributed by atoms with E-state index < -0.39 is 0 Å². The monoisotopic (exact) mass is 244 g/mol. The Morgan fingerprint density at radius 1 is 1.06 bits per heavy atom. The number of hydrogen-bond acceptors (Lipinski definition) is 1. The van der Waals surface area contributed by atoms with Gasteiger partial charge in [0.2, 0.25) is 0 Å². The van der Waals surface area contributed by atoms with Crippen LogP contribution in [0.1, 0.15) is 57.9 Å². The summed E-state index contributed by atoms with van der Waals surface area (Å²) in [7, 11) is 0. The highest BCUT2D eigenvalue weighted by atomic mass is 16.1. The van der Waals surface area contributed by atoms with Crippen LogP contribution in [0.2, 0.25) is 0 Å². The van der Waals surface area contributed by atoms with Crippen molar-refractivity contribution in [1.29, 1.82) is 0 Å². The fourth-order valence-electron chi connectivity index (χ4n) is 2.28. The van der Waals surface area contributed by atoms with Crippen molar-refractivity contribution in [3.63, 3.8) is 0 Å². The van der Waals surface area contributed by atoms with Crippen LogP contribution in [-0.4, -0.2) is 6.29 Å². The van der Waals surface area contributed by atoms with Crippen LogP contribution in [0, 0.1) is 0 Å². The van der Waals surface area contributed by atoms with Gasteiger partial charge in [0.05, 0.1) is 0 Å². The van der Waals surface area contributed by atoms with Crippen molar-refractivity contribution in [2.24, 2.45) is 0 Å². The average Bonchev–Trinajstić information content (AvgIpc) is 2.43. The molecule has 0 heterocycles. The second kappa shape index (κ2) is 8.68. The van der Waals surface area contributed by atoms with E-state index in [2.05, 4.69) is 26.0 Å². The Balaban J connectivity index is 2.78. The highest BCUT2D eigenvalue weighted by molar-refractivity contribution is 5.88. The van der Waals surface area contributed by atoms with Gasteiger partial charge >= 0.3 is 0 Å². The van der Waals surface area contributed by atoms with Crippen molar-refractivity contribution >= 4 is 11.9 Å². The molecular formula is C17H24O. The summed E-state index contributed by atoms with van der Waals surface area (Å²) in [5.41, 5.74) is 3.39. The molecule has 1 rings (SSSR count). The van der Waals surface area contributed by atoms with E-state index in [1.807, 2.05) is 18.2 Å². The summed E-state index contributed by atoms with van der Waals surface area (Å²) in [5.74, 6) is 0. The zero-order valence-corrected chi connectivity index (χ0v) is 11.6. The molecule has 0 aliphatic carbocycles. The lowest BCUT2D eigenvalue weighted by atomic mass is 9.95. The summed E-state index contributed by atoms with van der Waals surface area (Å²) in [6.45, 7) is 4.33. The largest absolute Gasteiger partial charge is 0.298 e. The minimum Gasteiger partial charge on any atom is -0.298 e. The highest BCUT2D eigenvalue weighted by Crippen LogP contribution is 2.24. The van der Waals surface area contributed by atoms with Crippen LogP contribution >= 0.6 is 0 Å². The van der Waals surface area contributed by atoms with Gasteiger partial charge in [-0.1, -0.05) is 63.4 Å². The van der Waals surface area contributed by atoms with Gasteiger partial charge in [-0.3, -0.25) is 4.79 Å². The number of carbonyl (C=O) groups excluding carboxylic acids is 1. The zero-order chi connectivity index (χ0) is 13.2. The first-order valence-corrected chi connectivity index (χ1v) is 7.06. The van der Waals surface area contributed by atoms with Crippen molar-refractivity contribution < 1.29 is 4.79 Å². The molecule has 0 spiro atoms. The Morgan fingerprint density at radius 3 is 2.33 bits per heavy atom. The molecule has 0 radical (unpaired) electrons. The normalized spacial score (nSPS) is 12.1. The standard InChI is InChI=1S/C17H24O/c1-3-5-6-8-13-16(14-18)17(4-2)15-11-9-7-10-12-15/h7,9-12,14H,3-6,8,13H2,1-2H3. The highest BCUT2D eigenvalue weighted by Gasteiger charge is 2.06. The quantitative estimate of drug-likeness (QED) is 0.356. The van der Waals surface area contributed by atoms with Gasteiger partial charge in [0.1, 0.15) is 6.29 Å². The number of aldehydes is 1. The third-order valence-corrected chi connectivity index (χ3v) is 3.31. The van der Waals surface area contributed by atoms with E-state index >= 15 is 0 Å². The first kappa shape index (κ1) is 14.7. The summed E-state index contributed by atoms with van der Waals surface area (Å²) in [5, 5.41) is 0. The maximum atomic E-state index is 11.3. The molecule has 1 heteroatoms. The predicted molar refractivity (Wildman–Crippen MR) is 78.5 cm³/mol. The van der Waals surface area contributed by atoms with Crippen molar-refractivity contribution in [3.8, 4) is 0 Å². The fourth-order valence-corrected chi connectivity index (χ4v) is 2.28. The van der Waals surface area contributed by atoms with Gasteiger partial charge in [-0.25, -0.2) is 0 Å². The molecule has 0 unspecified atom stereocenters. The summed E-state index contributed by atoms with van der Waals surface area (Å²) < 4.78 is 0. The van der Waals surface area contributed by atoms with E-state index in [1.165, 1.54) is 30.4 Å². The van der Waals surface area contributed by atoms with E-state index in [4.69, 9.17) is 0 Å². The van der Waals surface area contributed by atoms with E-state index in [0.717, 1.165) is 31.1 Å². The molecule has 98 valence electrons. The third kappa shape index (κ3) is 4.48. The molecule has 0 saturated heterocycles. The molecule has 0 amide bonds. The van der Waals surface area contributed by atoms with Crippen molar-refractivity contribution in [2.75, 3.05) is 0 Å². The molecule has 0 fully saturated rings. The molecule has 0 N–H and O–H groups in total. The van der Waals surface area contributed by atoms with Crippen molar-refractivity contribution in [2.45, 2.75) is 52.4 Å². The van der Waals surface area contributed by atoms with Crippen LogP contribution in [0.25, 0.3) is 5.57 Å². The van der Waals surface area contributed by atoms with E-state index in [-0.39, 0.29) is 0 Å². The van der Waals surface area contributed by atoms with Crippen LogP contribution < -0.4 is 0 Å². The Bertz CT molecular complexity index is 376. The number of rotatable bonds is 8. The lowest BCUT2D eigenvalue weighted by Crippen LogP contribution is -1.94. The van der Waals surface area contributed by atoms with Crippen LogP contribution in [-0.2, 0) is 4.79 Å². The summed E-state index contributed by atoms with van der Waals surface area (Å²) in [6, 6.07) is 10.3. The van der Waals surface area contributed by atoms with Crippen LogP contribution in [0.15, 0.2) is 35.9 Å². The molecule has 0 aromatic heterocycles. The van der Waals surface area contributed by atoms with Gasteiger partial charge in [0.25, 0.3) is 0 Å². The second-order valence-corrected chi connectivity index (χ2v) is 4.65. The van der Waals surface area contributed by atoms with Gasteiger partial charge in [-0.2, -0.15) is 0 Å². The molecule has 1 aromatic carbocycles. The van der Waals surface area contributed by atoms with Crippen molar-refractivity contribution in [1.82, 2.24) is 0 Å². The smallest absolute Gasteiger partial charge is 0.146 e. The molecular weight excluding hydrogens is 220 g/mol. The summed E-state index contributed by atoms with van der Waals surface area (Å²) >= 11 is 0. The number of carbonyl (C=O) groups is 1. The van der Waals surface area contributed by atoms with Crippen LogP contribution in [0.5, 0.6) is 0 Å². The molecule has 0 aliphatic rings. The third-order valence-electron chi connectivity index (χ3n) is 3.31. The number of hydrogen-bond donors (Lipinski definition) is 0. The molecule has 0 atom stereocenters. The molecule has 1 nitrogen and oxygen atoms in total. The second-order valence-electron chi connectivity index (χ2n) is 4.65. The van der Waals surface area contributed by atoms with Gasteiger partial charge in [0, 0.05) is 0 Å². The van der Waals surface area contributed by atoms with Gasteiger partial charge < -0.3 is 0 Å². The maximum Gasteiger partial charge on any atom is 0.146 e. The summed E-state index contributed by atoms with van der Waals surface area (Å²) in [4.78, 5) is 11.3. The molecule has 1 aromatic rings. The predicted octanol–water partition coefficient (Wildman–Crippen LogP) is 5.02. The lowest BCUT2D eigenvalue weighted by Gasteiger charge is -2.10. The van der Waals surface area contributed by atoms with Gasteiger partial charge in [0.15, 0.2) is 0 Å². The van der Waals surface area contributed by atoms with E-state index in [0.29, 0.717) is 0 Å². The van der Waals surface area contributed by atoms with Gasteiger partial charge in [-0.05, 0) is 36.0 Å². The number of unbranched alkanes of at least 4 members (excludes halogenated alkanes) is 3. The molecule has 0 saturated carbocycles.